The standard InChI is InChI=1S/C8H18O6/c1-13-3-5(9)7(11)8(12)6(10)4-14-2/h5-12H,3-4H2,1-2H3. The Morgan fingerprint density at radius 1 is 0.786 bits per heavy atom. The fraction of sp³-hybridized carbons (Fsp3) is 1.00. The lowest BCUT2D eigenvalue weighted by molar-refractivity contribution is -0.128. The van der Waals surface area contributed by atoms with Crippen molar-refractivity contribution in [3.8, 4) is 0 Å². The molecule has 4 N–H and O–H groups in total. The first kappa shape index (κ1) is 13.8. The van der Waals surface area contributed by atoms with Gasteiger partial charge in [-0.1, -0.05) is 0 Å². The summed E-state index contributed by atoms with van der Waals surface area (Å²) < 4.78 is 9.16. The molecule has 0 aliphatic rings. The van der Waals surface area contributed by atoms with E-state index in [1.54, 1.807) is 0 Å². The molecule has 4 atom stereocenters. The molecule has 0 heterocycles. The fourth-order valence-electron chi connectivity index (χ4n) is 0.994. The Bertz CT molecular complexity index is 126. The van der Waals surface area contributed by atoms with Crippen molar-refractivity contribution in [3.05, 3.63) is 0 Å². The molecule has 0 aromatic heterocycles. The van der Waals surface area contributed by atoms with Gasteiger partial charge in [-0.2, -0.15) is 0 Å². The molecule has 0 saturated carbocycles. The number of aliphatic hydroxyl groups is 4. The van der Waals surface area contributed by atoms with Crippen LogP contribution in [0.4, 0.5) is 0 Å². The quantitative estimate of drug-likeness (QED) is 0.378. The Balaban J connectivity index is 4.01. The minimum atomic E-state index is -1.46. The molecular weight excluding hydrogens is 192 g/mol. The van der Waals surface area contributed by atoms with Gasteiger partial charge in [-0.3, -0.25) is 0 Å². The first-order valence-corrected chi connectivity index (χ1v) is 4.24. The van der Waals surface area contributed by atoms with E-state index in [-0.39, 0.29) is 13.2 Å². The molecule has 0 radical (unpaired) electrons. The fourth-order valence-corrected chi connectivity index (χ4v) is 0.994. The zero-order valence-electron chi connectivity index (χ0n) is 8.33. The van der Waals surface area contributed by atoms with Crippen molar-refractivity contribution in [2.24, 2.45) is 0 Å². The van der Waals surface area contributed by atoms with Gasteiger partial charge in [-0.05, 0) is 0 Å². The number of hydrogen-bond donors (Lipinski definition) is 4. The lowest BCUT2D eigenvalue weighted by Crippen LogP contribution is -2.47. The van der Waals surface area contributed by atoms with E-state index in [2.05, 4.69) is 9.47 Å². The Labute approximate surface area is 82.7 Å². The van der Waals surface area contributed by atoms with Gasteiger partial charge >= 0.3 is 0 Å². The average molecular weight is 210 g/mol. The van der Waals surface area contributed by atoms with Gasteiger partial charge in [0.15, 0.2) is 0 Å². The van der Waals surface area contributed by atoms with Gasteiger partial charge in [0.05, 0.1) is 13.2 Å². The highest BCUT2D eigenvalue weighted by atomic mass is 16.5. The molecule has 0 saturated heterocycles. The van der Waals surface area contributed by atoms with E-state index in [4.69, 9.17) is 0 Å². The molecule has 0 bridgehead atoms. The summed E-state index contributed by atoms with van der Waals surface area (Å²) in [7, 11) is 2.71. The predicted molar refractivity (Wildman–Crippen MR) is 47.8 cm³/mol. The Morgan fingerprint density at radius 2 is 1.07 bits per heavy atom. The van der Waals surface area contributed by atoms with Crippen molar-refractivity contribution < 1.29 is 29.9 Å². The number of aliphatic hydroxyl groups excluding tert-OH is 4. The minimum Gasteiger partial charge on any atom is -0.388 e. The van der Waals surface area contributed by atoms with Gasteiger partial charge in [0.1, 0.15) is 24.4 Å². The Hall–Kier alpha value is -0.240. The van der Waals surface area contributed by atoms with Crippen LogP contribution in [0.5, 0.6) is 0 Å². The zero-order valence-corrected chi connectivity index (χ0v) is 8.33. The summed E-state index contributed by atoms with van der Waals surface area (Å²) in [5, 5.41) is 37.1. The van der Waals surface area contributed by atoms with Crippen molar-refractivity contribution in [3.63, 3.8) is 0 Å². The normalized spacial score (nSPS) is 20.1. The second kappa shape index (κ2) is 7.10. The van der Waals surface area contributed by atoms with Crippen LogP contribution in [0.2, 0.25) is 0 Å². The number of rotatable bonds is 7. The largest absolute Gasteiger partial charge is 0.388 e. The predicted octanol–water partition coefficient (Wildman–Crippen LogP) is -2.28. The van der Waals surface area contributed by atoms with Gasteiger partial charge in [-0.25, -0.2) is 0 Å². The van der Waals surface area contributed by atoms with Crippen LogP contribution in [-0.4, -0.2) is 72.3 Å². The number of methoxy groups -OCH3 is 2. The van der Waals surface area contributed by atoms with Crippen molar-refractivity contribution in [2.75, 3.05) is 27.4 Å². The molecule has 6 nitrogen and oxygen atoms in total. The van der Waals surface area contributed by atoms with Gasteiger partial charge < -0.3 is 29.9 Å². The number of ether oxygens (including phenoxy) is 2. The zero-order chi connectivity index (χ0) is 11.1. The van der Waals surface area contributed by atoms with E-state index in [9.17, 15) is 20.4 Å². The second-order valence-electron chi connectivity index (χ2n) is 3.03. The summed E-state index contributed by atoms with van der Waals surface area (Å²) >= 11 is 0. The van der Waals surface area contributed by atoms with E-state index >= 15 is 0 Å². The first-order chi connectivity index (χ1) is 6.54. The monoisotopic (exact) mass is 210 g/mol. The summed E-state index contributed by atoms with van der Waals surface area (Å²) in [4.78, 5) is 0. The van der Waals surface area contributed by atoms with Crippen molar-refractivity contribution >= 4 is 0 Å². The maximum Gasteiger partial charge on any atom is 0.111 e. The van der Waals surface area contributed by atoms with E-state index < -0.39 is 24.4 Å². The average Bonchev–Trinajstić information content (AvgIpc) is 2.16. The lowest BCUT2D eigenvalue weighted by Gasteiger charge is -2.25. The third kappa shape index (κ3) is 4.32. The van der Waals surface area contributed by atoms with Crippen molar-refractivity contribution in [1.82, 2.24) is 0 Å². The Morgan fingerprint density at radius 3 is 1.29 bits per heavy atom. The van der Waals surface area contributed by atoms with Crippen LogP contribution in [0.25, 0.3) is 0 Å². The van der Waals surface area contributed by atoms with Crippen LogP contribution in [0, 0.1) is 0 Å². The highest BCUT2D eigenvalue weighted by Gasteiger charge is 2.30. The summed E-state index contributed by atoms with van der Waals surface area (Å²) in [5.74, 6) is 0. The minimum absolute atomic E-state index is 0.113. The summed E-state index contributed by atoms with van der Waals surface area (Å²) in [5.41, 5.74) is 0. The van der Waals surface area contributed by atoms with E-state index in [1.165, 1.54) is 14.2 Å². The van der Waals surface area contributed by atoms with Crippen LogP contribution in [-0.2, 0) is 9.47 Å². The molecule has 0 fully saturated rings. The van der Waals surface area contributed by atoms with Gasteiger partial charge in [-0.15, -0.1) is 0 Å². The molecule has 86 valence electrons. The smallest absolute Gasteiger partial charge is 0.111 e. The molecule has 0 amide bonds. The molecular formula is C8H18O6. The molecule has 0 rings (SSSR count). The molecule has 4 unspecified atom stereocenters. The van der Waals surface area contributed by atoms with Gasteiger partial charge in [0.2, 0.25) is 0 Å². The van der Waals surface area contributed by atoms with E-state index in [1.807, 2.05) is 0 Å². The van der Waals surface area contributed by atoms with Crippen LogP contribution < -0.4 is 0 Å². The summed E-state index contributed by atoms with van der Waals surface area (Å²) in [6.07, 6.45) is -5.39. The van der Waals surface area contributed by atoms with Crippen molar-refractivity contribution in [2.45, 2.75) is 24.4 Å². The van der Waals surface area contributed by atoms with Crippen LogP contribution in [0.3, 0.4) is 0 Å². The lowest BCUT2D eigenvalue weighted by atomic mass is 10.0. The maximum atomic E-state index is 9.32. The second-order valence-corrected chi connectivity index (χ2v) is 3.03. The molecule has 0 aliphatic carbocycles. The summed E-state index contributed by atoms with van der Waals surface area (Å²) in [6, 6.07) is 0. The molecule has 0 spiro atoms. The molecule has 6 heteroatoms. The van der Waals surface area contributed by atoms with E-state index in [0.29, 0.717) is 0 Å². The molecule has 14 heavy (non-hydrogen) atoms. The van der Waals surface area contributed by atoms with Crippen LogP contribution in [0.15, 0.2) is 0 Å². The molecule has 0 aromatic carbocycles. The highest BCUT2D eigenvalue weighted by molar-refractivity contribution is 4.80. The highest BCUT2D eigenvalue weighted by Crippen LogP contribution is 2.05. The van der Waals surface area contributed by atoms with Crippen molar-refractivity contribution in [1.29, 1.82) is 0 Å². The van der Waals surface area contributed by atoms with Gasteiger partial charge in [0, 0.05) is 14.2 Å². The third-order valence-electron chi connectivity index (χ3n) is 1.81. The Kier molecular flexibility index (Phi) is 6.98. The van der Waals surface area contributed by atoms with E-state index in [0.717, 1.165) is 0 Å². The molecule has 0 aliphatic heterocycles. The topological polar surface area (TPSA) is 99.4 Å². The summed E-state index contributed by atoms with van der Waals surface area (Å²) in [6.45, 7) is -0.226. The third-order valence-corrected chi connectivity index (χ3v) is 1.81. The first-order valence-electron chi connectivity index (χ1n) is 4.24. The SMILES string of the molecule is COCC(O)C(O)C(O)C(O)COC. The van der Waals surface area contributed by atoms with Crippen LogP contribution in [0.1, 0.15) is 0 Å². The number of hydrogen-bond acceptors (Lipinski definition) is 6. The van der Waals surface area contributed by atoms with Gasteiger partial charge in [0.25, 0.3) is 0 Å². The van der Waals surface area contributed by atoms with Crippen LogP contribution >= 0.6 is 0 Å². The molecule has 0 aromatic rings. The maximum absolute atomic E-state index is 9.32.